The lowest BCUT2D eigenvalue weighted by Crippen LogP contribution is -2.49. The Balaban J connectivity index is 1.23. The lowest BCUT2D eigenvalue weighted by atomic mass is 10.1. The van der Waals surface area contributed by atoms with Crippen molar-refractivity contribution in [1.82, 2.24) is 14.7 Å². The monoisotopic (exact) mass is 479 g/mol. The van der Waals surface area contributed by atoms with E-state index in [1.54, 1.807) is 10.7 Å². The van der Waals surface area contributed by atoms with Crippen molar-refractivity contribution < 1.29 is 18.4 Å². The van der Waals surface area contributed by atoms with E-state index in [-0.39, 0.29) is 17.3 Å². The van der Waals surface area contributed by atoms with Gasteiger partial charge in [0.15, 0.2) is 5.69 Å². The van der Waals surface area contributed by atoms with Gasteiger partial charge < -0.3 is 15.1 Å². The predicted octanol–water partition coefficient (Wildman–Crippen LogP) is 3.83. The van der Waals surface area contributed by atoms with Crippen LogP contribution in [-0.2, 0) is 11.3 Å². The van der Waals surface area contributed by atoms with E-state index in [4.69, 9.17) is 0 Å². The zero-order valence-corrected chi connectivity index (χ0v) is 19.5. The van der Waals surface area contributed by atoms with Crippen molar-refractivity contribution in [3.05, 3.63) is 77.1 Å². The van der Waals surface area contributed by atoms with E-state index in [2.05, 4.69) is 27.4 Å². The molecule has 2 heterocycles. The molecule has 2 aromatic carbocycles. The van der Waals surface area contributed by atoms with Crippen LogP contribution in [0.1, 0.15) is 34.6 Å². The fourth-order valence-electron chi connectivity index (χ4n) is 4.40. The molecular weight excluding hydrogens is 452 g/mol. The van der Waals surface area contributed by atoms with Crippen LogP contribution in [0.3, 0.4) is 0 Å². The molecular formula is C26H27F2N5O2. The van der Waals surface area contributed by atoms with E-state index in [1.165, 1.54) is 0 Å². The summed E-state index contributed by atoms with van der Waals surface area (Å²) >= 11 is 0. The summed E-state index contributed by atoms with van der Waals surface area (Å²) in [4.78, 5) is 29.1. The first kappa shape index (κ1) is 23.0. The number of carbonyl (C=O) groups is 2. The third kappa shape index (κ3) is 5.34. The van der Waals surface area contributed by atoms with Gasteiger partial charge in [0.2, 0.25) is 5.91 Å². The van der Waals surface area contributed by atoms with E-state index in [9.17, 15) is 18.4 Å². The highest BCUT2D eigenvalue weighted by Crippen LogP contribution is 2.31. The van der Waals surface area contributed by atoms with Gasteiger partial charge in [0.25, 0.3) is 5.91 Å². The molecule has 0 spiro atoms. The molecule has 2 fully saturated rings. The van der Waals surface area contributed by atoms with Gasteiger partial charge in [-0.1, -0.05) is 12.1 Å². The van der Waals surface area contributed by atoms with Gasteiger partial charge in [-0.25, -0.2) is 8.78 Å². The van der Waals surface area contributed by atoms with Gasteiger partial charge in [0.1, 0.15) is 11.6 Å². The standard InChI is InChI=1S/C26H27F2N5O2/c1-17-11-24(25(34)29-22-14-20(27)13-21(28)15-22)30-33(17)16-18-3-2-4-23(12-18)31-7-9-32(10-8-31)26(35)19-5-6-19/h2-4,11-15,19H,5-10,16H2,1H3,(H,29,34). The Hall–Kier alpha value is -3.75. The third-order valence-electron chi connectivity index (χ3n) is 6.46. The molecule has 5 rings (SSSR count). The molecule has 2 amide bonds. The molecule has 1 saturated heterocycles. The number of halogens is 2. The van der Waals surface area contributed by atoms with Crippen molar-refractivity contribution in [3.63, 3.8) is 0 Å². The summed E-state index contributed by atoms with van der Waals surface area (Å²) in [7, 11) is 0. The van der Waals surface area contributed by atoms with Crippen molar-refractivity contribution in [2.75, 3.05) is 36.4 Å². The number of hydrogen-bond donors (Lipinski definition) is 1. The molecule has 2 aliphatic rings. The van der Waals surface area contributed by atoms with E-state index in [1.807, 2.05) is 24.0 Å². The molecule has 7 nitrogen and oxygen atoms in total. The quantitative estimate of drug-likeness (QED) is 0.584. The summed E-state index contributed by atoms with van der Waals surface area (Å²) in [5.41, 5.74) is 3.12. The summed E-state index contributed by atoms with van der Waals surface area (Å²) in [6, 6.07) is 12.7. The minimum Gasteiger partial charge on any atom is -0.368 e. The first-order valence-electron chi connectivity index (χ1n) is 11.8. The zero-order valence-electron chi connectivity index (χ0n) is 19.5. The minimum atomic E-state index is -0.766. The highest BCUT2D eigenvalue weighted by molar-refractivity contribution is 6.02. The van der Waals surface area contributed by atoms with E-state index >= 15 is 0 Å². The van der Waals surface area contributed by atoms with Crippen LogP contribution in [0, 0.1) is 24.5 Å². The number of hydrogen-bond acceptors (Lipinski definition) is 4. The second-order valence-electron chi connectivity index (χ2n) is 9.20. The van der Waals surface area contributed by atoms with Gasteiger partial charge >= 0.3 is 0 Å². The second kappa shape index (κ2) is 9.48. The van der Waals surface area contributed by atoms with Gasteiger partial charge in [-0.05, 0) is 55.7 Å². The average Bonchev–Trinajstić information content (AvgIpc) is 3.62. The van der Waals surface area contributed by atoms with Gasteiger partial charge in [-0.3, -0.25) is 14.3 Å². The Bertz CT molecular complexity index is 1240. The van der Waals surface area contributed by atoms with Crippen LogP contribution in [0.25, 0.3) is 0 Å². The number of piperazine rings is 1. The molecule has 0 bridgehead atoms. The van der Waals surface area contributed by atoms with Gasteiger partial charge in [0.05, 0.1) is 6.54 Å². The third-order valence-corrected chi connectivity index (χ3v) is 6.46. The molecule has 1 aromatic heterocycles. The SMILES string of the molecule is Cc1cc(C(=O)Nc2cc(F)cc(F)c2)nn1Cc1cccc(N2CCN(C(=O)C3CC3)CC2)c1. The van der Waals surface area contributed by atoms with Crippen molar-refractivity contribution in [1.29, 1.82) is 0 Å². The molecule has 0 atom stereocenters. The number of carbonyl (C=O) groups excluding carboxylic acids is 2. The normalized spacial score (nSPS) is 15.9. The summed E-state index contributed by atoms with van der Waals surface area (Å²) in [5, 5.41) is 6.89. The topological polar surface area (TPSA) is 70.5 Å². The molecule has 1 aliphatic carbocycles. The van der Waals surface area contributed by atoms with Gasteiger partial charge in [0, 0.05) is 55.2 Å². The lowest BCUT2D eigenvalue weighted by molar-refractivity contribution is -0.132. The van der Waals surface area contributed by atoms with E-state index in [0.717, 1.165) is 74.2 Å². The summed E-state index contributed by atoms with van der Waals surface area (Å²) in [6.07, 6.45) is 2.06. The Morgan fingerprint density at radius 2 is 1.71 bits per heavy atom. The molecule has 9 heteroatoms. The fourth-order valence-corrected chi connectivity index (χ4v) is 4.40. The van der Waals surface area contributed by atoms with Crippen LogP contribution in [0.5, 0.6) is 0 Å². The number of amides is 2. The smallest absolute Gasteiger partial charge is 0.276 e. The van der Waals surface area contributed by atoms with Gasteiger partial charge in [-0.15, -0.1) is 0 Å². The molecule has 3 aromatic rings. The highest BCUT2D eigenvalue weighted by atomic mass is 19.1. The number of aryl methyl sites for hydroxylation is 1. The summed E-state index contributed by atoms with van der Waals surface area (Å²) in [6.45, 7) is 5.41. The average molecular weight is 480 g/mol. The Labute approximate surface area is 202 Å². The number of aromatic nitrogens is 2. The van der Waals surface area contributed by atoms with Crippen LogP contribution in [0.4, 0.5) is 20.2 Å². The predicted molar refractivity (Wildman–Crippen MR) is 128 cm³/mol. The lowest BCUT2D eigenvalue weighted by Gasteiger charge is -2.36. The Kier molecular flexibility index (Phi) is 6.23. The molecule has 35 heavy (non-hydrogen) atoms. The molecule has 1 N–H and O–H groups in total. The molecule has 1 aliphatic heterocycles. The number of rotatable bonds is 6. The number of benzene rings is 2. The number of nitrogens with one attached hydrogen (secondary N) is 1. The van der Waals surface area contributed by atoms with Crippen LogP contribution < -0.4 is 10.2 Å². The number of nitrogens with zero attached hydrogens (tertiary/aromatic N) is 4. The van der Waals surface area contributed by atoms with Crippen LogP contribution >= 0.6 is 0 Å². The van der Waals surface area contributed by atoms with Crippen LogP contribution in [-0.4, -0.2) is 52.7 Å². The second-order valence-corrected chi connectivity index (χ2v) is 9.20. The van der Waals surface area contributed by atoms with Crippen LogP contribution in [0.2, 0.25) is 0 Å². The maximum absolute atomic E-state index is 13.4. The van der Waals surface area contributed by atoms with Crippen molar-refractivity contribution in [2.24, 2.45) is 5.92 Å². The molecule has 1 saturated carbocycles. The van der Waals surface area contributed by atoms with Crippen LogP contribution in [0.15, 0.2) is 48.5 Å². The molecule has 0 radical (unpaired) electrons. The Morgan fingerprint density at radius 1 is 1.00 bits per heavy atom. The summed E-state index contributed by atoms with van der Waals surface area (Å²) < 4.78 is 28.6. The molecule has 0 unspecified atom stereocenters. The zero-order chi connectivity index (χ0) is 24.5. The first-order chi connectivity index (χ1) is 16.9. The van der Waals surface area contributed by atoms with Gasteiger partial charge in [-0.2, -0.15) is 5.10 Å². The summed E-state index contributed by atoms with van der Waals surface area (Å²) in [5.74, 6) is -1.51. The van der Waals surface area contributed by atoms with E-state index in [0.29, 0.717) is 12.5 Å². The maximum Gasteiger partial charge on any atom is 0.276 e. The first-order valence-corrected chi connectivity index (χ1v) is 11.8. The van der Waals surface area contributed by atoms with Crippen molar-refractivity contribution in [3.8, 4) is 0 Å². The van der Waals surface area contributed by atoms with Crippen molar-refractivity contribution >= 4 is 23.2 Å². The Morgan fingerprint density at radius 3 is 2.40 bits per heavy atom. The van der Waals surface area contributed by atoms with Crippen molar-refractivity contribution in [2.45, 2.75) is 26.3 Å². The largest absolute Gasteiger partial charge is 0.368 e. The maximum atomic E-state index is 13.4. The fraction of sp³-hybridized carbons (Fsp3) is 0.346. The number of anilines is 2. The highest BCUT2D eigenvalue weighted by Gasteiger charge is 2.34. The van der Waals surface area contributed by atoms with E-state index < -0.39 is 17.5 Å². The molecule has 182 valence electrons. The minimum absolute atomic E-state index is 0.0336.